The van der Waals surface area contributed by atoms with E-state index in [2.05, 4.69) is 4.98 Å². The minimum absolute atomic E-state index is 0.496. The monoisotopic (exact) mass is 218 g/mol. The Hall–Kier alpha value is -1.44. The molecular formula is C10H6N2S2. The van der Waals surface area contributed by atoms with E-state index in [-0.39, 0.29) is 0 Å². The van der Waals surface area contributed by atoms with Gasteiger partial charge in [-0.15, -0.1) is 0 Å². The van der Waals surface area contributed by atoms with Gasteiger partial charge in [-0.2, -0.15) is 16.6 Å². The molecule has 0 unspecified atom stereocenters. The van der Waals surface area contributed by atoms with Crippen molar-refractivity contribution in [3.05, 3.63) is 39.2 Å². The van der Waals surface area contributed by atoms with Crippen molar-refractivity contribution in [2.24, 2.45) is 0 Å². The van der Waals surface area contributed by atoms with Gasteiger partial charge in [0, 0.05) is 16.6 Å². The number of aromatic nitrogens is 1. The Bertz CT molecular complexity index is 532. The molecule has 0 saturated heterocycles. The van der Waals surface area contributed by atoms with Crippen molar-refractivity contribution in [3.8, 4) is 17.3 Å². The van der Waals surface area contributed by atoms with Crippen molar-refractivity contribution in [3.63, 3.8) is 0 Å². The summed E-state index contributed by atoms with van der Waals surface area (Å²) in [6, 6.07) is 7.66. The smallest absolute Gasteiger partial charge is 0.121 e. The molecule has 0 spiro atoms. The predicted octanol–water partition coefficient (Wildman–Crippen LogP) is 3.34. The molecule has 0 aromatic carbocycles. The van der Waals surface area contributed by atoms with Crippen LogP contribution in [0.3, 0.4) is 0 Å². The first-order valence-corrected chi connectivity index (χ1v) is 5.32. The Morgan fingerprint density at radius 3 is 2.79 bits per heavy atom. The van der Waals surface area contributed by atoms with E-state index in [1.807, 2.05) is 29.0 Å². The second kappa shape index (κ2) is 3.74. The summed E-state index contributed by atoms with van der Waals surface area (Å²) in [6.45, 7) is 0. The minimum atomic E-state index is 0.496. The van der Waals surface area contributed by atoms with E-state index in [1.165, 1.54) is 0 Å². The van der Waals surface area contributed by atoms with Gasteiger partial charge in [0.15, 0.2) is 0 Å². The van der Waals surface area contributed by atoms with E-state index in [4.69, 9.17) is 17.5 Å². The number of pyridine rings is 1. The molecule has 0 aliphatic carbocycles. The van der Waals surface area contributed by atoms with Crippen LogP contribution < -0.4 is 0 Å². The third-order valence-electron chi connectivity index (χ3n) is 1.86. The highest BCUT2D eigenvalue weighted by Crippen LogP contribution is 2.20. The third-order valence-corrected chi connectivity index (χ3v) is 2.87. The highest BCUT2D eigenvalue weighted by atomic mass is 32.1. The number of aromatic amines is 1. The first kappa shape index (κ1) is 9.13. The normalized spacial score (nSPS) is 9.64. The van der Waals surface area contributed by atoms with Crippen LogP contribution in [0.1, 0.15) is 5.56 Å². The average molecular weight is 218 g/mol. The molecule has 14 heavy (non-hydrogen) atoms. The summed E-state index contributed by atoms with van der Waals surface area (Å²) in [7, 11) is 0. The van der Waals surface area contributed by atoms with Crippen LogP contribution in [0.5, 0.6) is 0 Å². The third kappa shape index (κ3) is 1.60. The van der Waals surface area contributed by atoms with Gasteiger partial charge < -0.3 is 4.98 Å². The van der Waals surface area contributed by atoms with E-state index in [0.717, 1.165) is 11.3 Å². The first-order valence-electron chi connectivity index (χ1n) is 3.97. The fourth-order valence-corrected chi connectivity index (χ4v) is 2.03. The van der Waals surface area contributed by atoms with E-state index in [9.17, 15) is 0 Å². The number of hydrogen-bond acceptors (Lipinski definition) is 3. The Kier molecular flexibility index (Phi) is 2.44. The molecule has 0 saturated carbocycles. The van der Waals surface area contributed by atoms with Gasteiger partial charge in [0.2, 0.25) is 0 Å². The van der Waals surface area contributed by atoms with Crippen LogP contribution >= 0.6 is 23.6 Å². The number of nitrogens with one attached hydrogen (secondary N) is 1. The molecule has 2 nitrogen and oxygen atoms in total. The molecule has 2 rings (SSSR count). The maximum atomic E-state index is 8.71. The summed E-state index contributed by atoms with van der Waals surface area (Å²) in [5.74, 6) is 0. The van der Waals surface area contributed by atoms with Gasteiger partial charge in [-0.25, -0.2) is 0 Å². The first-order chi connectivity index (χ1) is 6.81. The summed E-state index contributed by atoms with van der Waals surface area (Å²) in [4.78, 5) is 3.03. The Morgan fingerprint density at radius 2 is 2.21 bits per heavy atom. The topological polar surface area (TPSA) is 39.6 Å². The molecule has 0 radical (unpaired) electrons. The lowest BCUT2D eigenvalue weighted by atomic mass is 10.2. The second-order valence-electron chi connectivity index (χ2n) is 2.74. The fraction of sp³-hybridized carbons (Fsp3) is 0. The number of hydrogen-bond donors (Lipinski definition) is 1. The van der Waals surface area contributed by atoms with Gasteiger partial charge in [-0.3, -0.25) is 0 Å². The van der Waals surface area contributed by atoms with E-state index >= 15 is 0 Å². The lowest BCUT2D eigenvalue weighted by Gasteiger charge is -1.98. The van der Waals surface area contributed by atoms with Crippen molar-refractivity contribution >= 4 is 23.6 Å². The van der Waals surface area contributed by atoms with Gasteiger partial charge in [-0.1, -0.05) is 12.2 Å². The summed E-state index contributed by atoms with van der Waals surface area (Å²) in [5, 5.41) is 12.7. The molecule has 1 N–H and O–H groups in total. The molecule has 0 aliphatic rings. The zero-order valence-electron chi connectivity index (χ0n) is 7.15. The van der Waals surface area contributed by atoms with Crippen LogP contribution in [-0.4, -0.2) is 4.98 Å². The van der Waals surface area contributed by atoms with E-state index in [0.29, 0.717) is 10.2 Å². The van der Waals surface area contributed by atoms with Crippen LogP contribution in [0.25, 0.3) is 11.3 Å². The maximum absolute atomic E-state index is 8.71. The van der Waals surface area contributed by atoms with E-state index < -0.39 is 0 Å². The number of nitriles is 1. The number of H-pyrrole nitrogens is 1. The molecule has 2 aromatic heterocycles. The fourth-order valence-electron chi connectivity index (χ4n) is 1.15. The lowest BCUT2D eigenvalue weighted by molar-refractivity contribution is 1.28. The second-order valence-corrected chi connectivity index (χ2v) is 3.93. The van der Waals surface area contributed by atoms with Crippen LogP contribution in [0.15, 0.2) is 29.0 Å². The highest BCUT2D eigenvalue weighted by Gasteiger charge is 1.99. The zero-order chi connectivity index (χ0) is 9.97. The molecule has 4 heteroatoms. The standard InChI is InChI=1S/C10H6N2S2/c11-5-7-1-2-9(12-10(7)13)8-3-4-14-6-8/h1-4,6H,(H,12,13). The number of rotatable bonds is 1. The summed E-state index contributed by atoms with van der Waals surface area (Å²) in [6.07, 6.45) is 0. The highest BCUT2D eigenvalue weighted by molar-refractivity contribution is 7.71. The Balaban J connectivity index is 2.55. The molecule has 0 fully saturated rings. The van der Waals surface area contributed by atoms with Gasteiger partial charge in [-0.05, 0) is 23.6 Å². The van der Waals surface area contributed by atoms with Crippen molar-refractivity contribution in [1.82, 2.24) is 4.98 Å². The van der Waals surface area contributed by atoms with Crippen LogP contribution in [-0.2, 0) is 0 Å². The Morgan fingerprint density at radius 1 is 1.36 bits per heavy atom. The van der Waals surface area contributed by atoms with Crippen molar-refractivity contribution in [2.75, 3.05) is 0 Å². The van der Waals surface area contributed by atoms with Crippen LogP contribution in [0.4, 0.5) is 0 Å². The van der Waals surface area contributed by atoms with Gasteiger partial charge in [0.05, 0.1) is 5.56 Å². The molecule has 68 valence electrons. The quantitative estimate of drug-likeness (QED) is 0.746. The summed E-state index contributed by atoms with van der Waals surface area (Å²) in [5.41, 5.74) is 2.57. The zero-order valence-corrected chi connectivity index (χ0v) is 8.78. The molecular weight excluding hydrogens is 212 g/mol. The lowest BCUT2D eigenvalue weighted by Crippen LogP contribution is -1.85. The average Bonchev–Trinajstić information content (AvgIpc) is 2.70. The minimum Gasteiger partial charge on any atom is -0.345 e. The maximum Gasteiger partial charge on any atom is 0.121 e. The SMILES string of the molecule is N#Cc1ccc(-c2ccsc2)[nH]c1=S. The summed E-state index contributed by atoms with van der Waals surface area (Å²) >= 11 is 6.67. The molecule has 2 aromatic rings. The van der Waals surface area contributed by atoms with Crippen molar-refractivity contribution in [1.29, 1.82) is 5.26 Å². The van der Waals surface area contributed by atoms with Gasteiger partial charge in [0.1, 0.15) is 10.7 Å². The van der Waals surface area contributed by atoms with Crippen LogP contribution in [0, 0.1) is 16.0 Å². The summed E-state index contributed by atoms with van der Waals surface area (Å²) < 4.78 is 0.496. The van der Waals surface area contributed by atoms with Crippen molar-refractivity contribution in [2.45, 2.75) is 0 Å². The molecule has 0 bridgehead atoms. The predicted molar refractivity (Wildman–Crippen MR) is 59.7 cm³/mol. The molecule has 2 heterocycles. The number of nitrogens with zero attached hydrogens (tertiary/aromatic N) is 1. The Labute approximate surface area is 90.5 Å². The van der Waals surface area contributed by atoms with Crippen molar-refractivity contribution < 1.29 is 0 Å². The van der Waals surface area contributed by atoms with E-state index in [1.54, 1.807) is 17.4 Å². The van der Waals surface area contributed by atoms with Gasteiger partial charge >= 0.3 is 0 Å². The molecule has 0 atom stereocenters. The van der Waals surface area contributed by atoms with Crippen LogP contribution in [0.2, 0.25) is 0 Å². The largest absolute Gasteiger partial charge is 0.345 e. The molecule has 0 amide bonds. The van der Waals surface area contributed by atoms with Gasteiger partial charge in [0.25, 0.3) is 0 Å². The molecule has 0 aliphatic heterocycles. The number of thiophene rings is 1.